The van der Waals surface area contributed by atoms with Crippen LogP contribution in [-0.4, -0.2) is 17.4 Å². The second kappa shape index (κ2) is 3.12. The first-order valence-electron chi connectivity index (χ1n) is 4.19. The number of pyridine rings is 1. The SMILES string of the molecule is O=C1CCCN1c1ccc(F)nc1. The molecular formula is C9H9FN2O. The van der Waals surface area contributed by atoms with Crippen molar-refractivity contribution >= 4 is 11.6 Å². The molecule has 2 rings (SSSR count). The average molecular weight is 180 g/mol. The van der Waals surface area contributed by atoms with Crippen molar-refractivity contribution in [3.05, 3.63) is 24.3 Å². The molecule has 68 valence electrons. The van der Waals surface area contributed by atoms with Crippen LogP contribution >= 0.6 is 0 Å². The van der Waals surface area contributed by atoms with Crippen molar-refractivity contribution in [3.8, 4) is 0 Å². The molecule has 1 amide bonds. The number of halogens is 1. The summed E-state index contributed by atoms with van der Waals surface area (Å²) in [4.78, 5) is 16.4. The Labute approximate surface area is 75.2 Å². The molecule has 1 saturated heterocycles. The highest BCUT2D eigenvalue weighted by atomic mass is 19.1. The van der Waals surface area contributed by atoms with Gasteiger partial charge in [-0.05, 0) is 18.6 Å². The van der Waals surface area contributed by atoms with Crippen molar-refractivity contribution in [1.82, 2.24) is 4.98 Å². The summed E-state index contributed by atoms with van der Waals surface area (Å²) in [5.41, 5.74) is 0.684. The molecule has 1 fully saturated rings. The number of hydrogen-bond donors (Lipinski definition) is 0. The Hall–Kier alpha value is -1.45. The van der Waals surface area contributed by atoms with E-state index in [4.69, 9.17) is 0 Å². The highest BCUT2D eigenvalue weighted by Crippen LogP contribution is 2.19. The molecular weight excluding hydrogens is 171 g/mol. The topological polar surface area (TPSA) is 33.2 Å². The van der Waals surface area contributed by atoms with Gasteiger partial charge in [0.2, 0.25) is 11.9 Å². The van der Waals surface area contributed by atoms with Gasteiger partial charge >= 0.3 is 0 Å². The fourth-order valence-corrected chi connectivity index (χ4v) is 1.45. The third-order valence-corrected chi connectivity index (χ3v) is 2.10. The predicted molar refractivity (Wildman–Crippen MR) is 45.8 cm³/mol. The summed E-state index contributed by atoms with van der Waals surface area (Å²) >= 11 is 0. The molecule has 2 heterocycles. The van der Waals surface area contributed by atoms with E-state index in [-0.39, 0.29) is 5.91 Å². The largest absolute Gasteiger partial charge is 0.311 e. The maximum atomic E-state index is 12.5. The monoisotopic (exact) mass is 180 g/mol. The van der Waals surface area contributed by atoms with E-state index in [1.165, 1.54) is 12.3 Å². The summed E-state index contributed by atoms with van der Waals surface area (Å²) in [6.07, 6.45) is 2.84. The highest BCUT2D eigenvalue weighted by Gasteiger charge is 2.21. The van der Waals surface area contributed by atoms with Gasteiger partial charge in [0.05, 0.1) is 11.9 Å². The number of anilines is 1. The van der Waals surface area contributed by atoms with E-state index in [2.05, 4.69) is 4.98 Å². The van der Waals surface area contributed by atoms with Crippen molar-refractivity contribution < 1.29 is 9.18 Å². The van der Waals surface area contributed by atoms with Gasteiger partial charge in [-0.25, -0.2) is 4.98 Å². The van der Waals surface area contributed by atoms with Gasteiger partial charge in [0, 0.05) is 13.0 Å². The van der Waals surface area contributed by atoms with Crippen molar-refractivity contribution in [3.63, 3.8) is 0 Å². The summed E-state index contributed by atoms with van der Waals surface area (Å²) in [7, 11) is 0. The van der Waals surface area contributed by atoms with E-state index in [1.54, 1.807) is 11.0 Å². The van der Waals surface area contributed by atoms with Crippen LogP contribution in [-0.2, 0) is 4.79 Å². The van der Waals surface area contributed by atoms with Gasteiger partial charge < -0.3 is 4.90 Å². The minimum absolute atomic E-state index is 0.0911. The van der Waals surface area contributed by atoms with E-state index in [1.807, 2.05) is 0 Å². The van der Waals surface area contributed by atoms with Crippen LogP contribution in [0.25, 0.3) is 0 Å². The summed E-state index contributed by atoms with van der Waals surface area (Å²) < 4.78 is 12.5. The van der Waals surface area contributed by atoms with E-state index in [9.17, 15) is 9.18 Å². The molecule has 1 aliphatic heterocycles. The molecule has 1 aliphatic rings. The van der Waals surface area contributed by atoms with Gasteiger partial charge in [0.25, 0.3) is 0 Å². The maximum absolute atomic E-state index is 12.5. The van der Waals surface area contributed by atoms with Crippen molar-refractivity contribution in [2.24, 2.45) is 0 Å². The predicted octanol–water partition coefficient (Wildman–Crippen LogP) is 1.35. The lowest BCUT2D eigenvalue weighted by molar-refractivity contribution is -0.117. The molecule has 0 N–H and O–H groups in total. The van der Waals surface area contributed by atoms with Crippen molar-refractivity contribution in [2.75, 3.05) is 11.4 Å². The molecule has 0 aromatic carbocycles. The van der Waals surface area contributed by atoms with Gasteiger partial charge in [-0.1, -0.05) is 0 Å². The molecule has 13 heavy (non-hydrogen) atoms. The molecule has 3 nitrogen and oxygen atoms in total. The Kier molecular flexibility index (Phi) is 1.96. The smallest absolute Gasteiger partial charge is 0.227 e. The van der Waals surface area contributed by atoms with Gasteiger partial charge in [-0.15, -0.1) is 0 Å². The number of rotatable bonds is 1. The van der Waals surface area contributed by atoms with Crippen molar-refractivity contribution in [2.45, 2.75) is 12.8 Å². The maximum Gasteiger partial charge on any atom is 0.227 e. The molecule has 0 radical (unpaired) electrons. The first-order valence-corrected chi connectivity index (χ1v) is 4.19. The Balaban J connectivity index is 2.25. The summed E-state index contributed by atoms with van der Waals surface area (Å²) in [5.74, 6) is -0.427. The molecule has 0 spiro atoms. The van der Waals surface area contributed by atoms with Gasteiger partial charge in [0.1, 0.15) is 0 Å². The first-order chi connectivity index (χ1) is 6.27. The third kappa shape index (κ3) is 1.52. The van der Waals surface area contributed by atoms with Crippen LogP contribution in [0.2, 0.25) is 0 Å². The zero-order valence-electron chi connectivity index (χ0n) is 7.03. The number of hydrogen-bond acceptors (Lipinski definition) is 2. The van der Waals surface area contributed by atoms with Crippen LogP contribution < -0.4 is 4.90 Å². The Morgan fingerprint density at radius 3 is 2.85 bits per heavy atom. The number of carbonyl (C=O) groups is 1. The molecule has 0 saturated carbocycles. The summed E-state index contributed by atoms with van der Waals surface area (Å²) in [5, 5.41) is 0. The molecule has 0 atom stereocenters. The van der Waals surface area contributed by atoms with Crippen LogP contribution in [0.4, 0.5) is 10.1 Å². The van der Waals surface area contributed by atoms with E-state index in [0.717, 1.165) is 6.42 Å². The Morgan fingerprint density at radius 2 is 2.31 bits per heavy atom. The lowest BCUT2D eigenvalue weighted by Gasteiger charge is -2.14. The average Bonchev–Trinajstić information content (AvgIpc) is 2.53. The lowest BCUT2D eigenvalue weighted by Crippen LogP contribution is -2.23. The minimum atomic E-state index is -0.518. The highest BCUT2D eigenvalue weighted by molar-refractivity contribution is 5.95. The zero-order chi connectivity index (χ0) is 9.26. The van der Waals surface area contributed by atoms with Crippen LogP contribution in [0, 0.1) is 5.95 Å². The second-order valence-corrected chi connectivity index (χ2v) is 2.99. The molecule has 1 aromatic heterocycles. The second-order valence-electron chi connectivity index (χ2n) is 2.99. The zero-order valence-corrected chi connectivity index (χ0v) is 7.03. The van der Waals surface area contributed by atoms with E-state index in [0.29, 0.717) is 18.7 Å². The Morgan fingerprint density at radius 1 is 1.46 bits per heavy atom. The normalized spacial score (nSPS) is 16.7. The van der Waals surface area contributed by atoms with Gasteiger partial charge in [0.15, 0.2) is 0 Å². The van der Waals surface area contributed by atoms with Crippen LogP contribution in [0.15, 0.2) is 18.3 Å². The van der Waals surface area contributed by atoms with E-state index < -0.39 is 5.95 Å². The molecule has 1 aromatic rings. The summed E-state index contributed by atoms with van der Waals surface area (Å²) in [6.45, 7) is 0.714. The van der Waals surface area contributed by atoms with Crippen molar-refractivity contribution in [1.29, 1.82) is 0 Å². The van der Waals surface area contributed by atoms with Crippen LogP contribution in [0.5, 0.6) is 0 Å². The first kappa shape index (κ1) is 8.16. The summed E-state index contributed by atoms with van der Waals surface area (Å²) in [6, 6.07) is 2.84. The molecule has 4 heteroatoms. The third-order valence-electron chi connectivity index (χ3n) is 2.10. The molecule has 0 aliphatic carbocycles. The van der Waals surface area contributed by atoms with E-state index >= 15 is 0 Å². The number of amides is 1. The molecule has 0 bridgehead atoms. The van der Waals surface area contributed by atoms with Gasteiger partial charge in [-0.3, -0.25) is 4.79 Å². The quantitative estimate of drug-likeness (QED) is 0.611. The Bertz CT molecular complexity index is 323. The fraction of sp³-hybridized carbons (Fsp3) is 0.333. The number of carbonyl (C=O) groups excluding carboxylic acids is 1. The fourth-order valence-electron chi connectivity index (χ4n) is 1.45. The lowest BCUT2D eigenvalue weighted by atomic mass is 10.4. The standard InChI is InChI=1S/C9H9FN2O/c10-8-4-3-7(6-11-8)12-5-1-2-9(12)13/h3-4,6H,1-2,5H2. The molecule has 0 unspecified atom stereocenters. The van der Waals surface area contributed by atoms with Crippen LogP contribution in [0.1, 0.15) is 12.8 Å². The number of aromatic nitrogens is 1. The van der Waals surface area contributed by atoms with Gasteiger partial charge in [-0.2, -0.15) is 4.39 Å². The van der Waals surface area contributed by atoms with Crippen LogP contribution in [0.3, 0.4) is 0 Å². The number of nitrogens with zero attached hydrogens (tertiary/aromatic N) is 2. The minimum Gasteiger partial charge on any atom is -0.311 e.